The van der Waals surface area contributed by atoms with E-state index in [1.54, 1.807) is 14.2 Å². The SMILES string of the molecule is COc1ccc(C2Nc3ccccc3NC3=C2C(=O)CC(c2ccccc2OC)C3)cc1Br. The number of hydrogen-bond donors (Lipinski definition) is 2. The van der Waals surface area contributed by atoms with Crippen LogP contribution in [0.4, 0.5) is 11.4 Å². The third-order valence-corrected chi connectivity index (χ3v) is 7.02. The normalized spacial score (nSPS) is 19.5. The van der Waals surface area contributed by atoms with E-state index in [1.165, 1.54) is 0 Å². The van der Waals surface area contributed by atoms with Crippen molar-refractivity contribution < 1.29 is 14.3 Å². The number of ketones is 1. The predicted molar refractivity (Wildman–Crippen MR) is 134 cm³/mol. The van der Waals surface area contributed by atoms with Crippen molar-refractivity contribution in [2.75, 3.05) is 24.9 Å². The van der Waals surface area contributed by atoms with Crippen molar-refractivity contribution in [3.63, 3.8) is 0 Å². The number of rotatable bonds is 4. The minimum Gasteiger partial charge on any atom is -0.496 e. The average molecular weight is 505 g/mol. The van der Waals surface area contributed by atoms with Crippen molar-refractivity contribution in [2.24, 2.45) is 0 Å². The molecule has 2 unspecified atom stereocenters. The standard InChI is InChI=1S/C27H25BrN2O3/c1-32-24-10-6-3-7-18(24)17-14-22-26(23(31)15-17)27(16-11-12-25(33-2)19(28)13-16)30-21-9-5-4-8-20(21)29-22/h3-13,17,27,29-30H,14-15H2,1-2H3. The van der Waals surface area contributed by atoms with Crippen LogP contribution in [0, 0.1) is 0 Å². The van der Waals surface area contributed by atoms with Gasteiger partial charge in [0.25, 0.3) is 0 Å². The van der Waals surface area contributed by atoms with E-state index in [2.05, 4.69) is 32.6 Å². The van der Waals surface area contributed by atoms with Gasteiger partial charge in [-0.05, 0) is 63.8 Å². The van der Waals surface area contributed by atoms with Crippen molar-refractivity contribution in [2.45, 2.75) is 24.8 Å². The largest absolute Gasteiger partial charge is 0.496 e. The Morgan fingerprint density at radius 3 is 2.36 bits per heavy atom. The van der Waals surface area contributed by atoms with Crippen molar-refractivity contribution in [1.29, 1.82) is 0 Å². The van der Waals surface area contributed by atoms with Gasteiger partial charge in [-0.1, -0.05) is 36.4 Å². The summed E-state index contributed by atoms with van der Waals surface area (Å²) < 4.78 is 11.9. The Kier molecular flexibility index (Phi) is 5.85. The lowest BCUT2D eigenvalue weighted by atomic mass is 9.78. The van der Waals surface area contributed by atoms with Gasteiger partial charge in [0.05, 0.1) is 36.1 Å². The number of halogens is 1. The number of anilines is 2. The molecule has 2 atom stereocenters. The molecule has 1 aliphatic carbocycles. The summed E-state index contributed by atoms with van der Waals surface area (Å²) in [5.41, 5.74) is 5.73. The number of fused-ring (bicyclic) bond motifs is 1. The van der Waals surface area contributed by atoms with Crippen LogP contribution in [0.1, 0.15) is 35.9 Å². The average Bonchev–Trinajstić information content (AvgIpc) is 3.01. The van der Waals surface area contributed by atoms with Gasteiger partial charge in [-0.2, -0.15) is 0 Å². The van der Waals surface area contributed by atoms with Crippen LogP contribution >= 0.6 is 15.9 Å². The van der Waals surface area contributed by atoms with Gasteiger partial charge in [0.2, 0.25) is 0 Å². The smallest absolute Gasteiger partial charge is 0.163 e. The summed E-state index contributed by atoms with van der Waals surface area (Å²) in [4.78, 5) is 13.7. The van der Waals surface area contributed by atoms with E-state index in [1.807, 2.05) is 60.7 Å². The monoisotopic (exact) mass is 504 g/mol. The van der Waals surface area contributed by atoms with E-state index in [9.17, 15) is 4.79 Å². The van der Waals surface area contributed by atoms with Gasteiger partial charge >= 0.3 is 0 Å². The zero-order chi connectivity index (χ0) is 22.9. The molecule has 1 heterocycles. The van der Waals surface area contributed by atoms with Crippen molar-refractivity contribution >= 4 is 33.1 Å². The van der Waals surface area contributed by atoms with E-state index in [-0.39, 0.29) is 17.7 Å². The Bertz CT molecular complexity index is 1250. The zero-order valence-corrected chi connectivity index (χ0v) is 20.1. The molecule has 6 heteroatoms. The van der Waals surface area contributed by atoms with Gasteiger partial charge in [0, 0.05) is 23.6 Å². The molecule has 0 saturated carbocycles. The highest BCUT2D eigenvalue weighted by molar-refractivity contribution is 9.10. The molecule has 0 saturated heterocycles. The van der Waals surface area contributed by atoms with Crippen molar-refractivity contribution in [1.82, 2.24) is 0 Å². The van der Waals surface area contributed by atoms with E-state index < -0.39 is 0 Å². The van der Waals surface area contributed by atoms with Crippen LogP contribution in [-0.4, -0.2) is 20.0 Å². The van der Waals surface area contributed by atoms with Crippen LogP contribution in [0.3, 0.4) is 0 Å². The maximum atomic E-state index is 13.7. The molecule has 1 aliphatic heterocycles. The van der Waals surface area contributed by atoms with Gasteiger partial charge in [-0.15, -0.1) is 0 Å². The van der Waals surface area contributed by atoms with Crippen molar-refractivity contribution in [3.8, 4) is 11.5 Å². The maximum Gasteiger partial charge on any atom is 0.163 e. The first kappa shape index (κ1) is 21.6. The molecule has 0 spiro atoms. The van der Waals surface area contributed by atoms with Gasteiger partial charge in [-0.25, -0.2) is 0 Å². The number of methoxy groups -OCH3 is 2. The molecule has 0 amide bonds. The van der Waals surface area contributed by atoms with E-state index in [4.69, 9.17) is 9.47 Å². The fraction of sp³-hybridized carbons (Fsp3) is 0.222. The molecule has 0 radical (unpaired) electrons. The number of nitrogens with one attached hydrogen (secondary N) is 2. The van der Waals surface area contributed by atoms with Gasteiger partial charge in [0.1, 0.15) is 11.5 Å². The molecule has 2 aliphatic rings. The van der Waals surface area contributed by atoms with Crippen LogP contribution < -0.4 is 20.1 Å². The minimum atomic E-state index is -0.274. The summed E-state index contributed by atoms with van der Waals surface area (Å²) in [6.45, 7) is 0. The molecule has 2 N–H and O–H groups in total. The van der Waals surface area contributed by atoms with E-state index in [0.717, 1.165) is 56.2 Å². The Morgan fingerprint density at radius 1 is 0.879 bits per heavy atom. The number of carbonyl (C=O) groups is 1. The number of ether oxygens (including phenoxy) is 2. The molecule has 168 valence electrons. The fourth-order valence-corrected chi connectivity index (χ4v) is 5.39. The first-order chi connectivity index (χ1) is 16.1. The van der Waals surface area contributed by atoms with E-state index >= 15 is 0 Å². The first-order valence-corrected chi connectivity index (χ1v) is 11.7. The third kappa shape index (κ3) is 4.00. The summed E-state index contributed by atoms with van der Waals surface area (Å²) in [5, 5.41) is 7.20. The summed E-state index contributed by atoms with van der Waals surface area (Å²) in [7, 11) is 3.32. The summed E-state index contributed by atoms with van der Waals surface area (Å²) >= 11 is 3.60. The van der Waals surface area contributed by atoms with Crippen LogP contribution in [0.5, 0.6) is 11.5 Å². The number of Topliss-reactive ketones (excluding diaryl/α,β-unsaturated/α-hetero) is 1. The Morgan fingerprint density at radius 2 is 1.61 bits per heavy atom. The Hall–Kier alpha value is -3.25. The molecule has 0 aromatic heterocycles. The van der Waals surface area contributed by atoms with E-state index in [0.29, 0.717) is 6.42 Å². The second-order valence-corrected chi connectivity index (χ2v) is 9.16. The fourth-order valence-electron chi connectivity index (χ4n) is 4.83. The molecule has 5 rings (SSSR count). The molecule has 5 nitrogen and oxygen atoms in total. The highest BCUT2D eigenvalue weighted by Crippen LogP contribution is 2.46. The van der Waals surface area contributed by atoms with Gasteiger partial charge in [-0.3, -0.25) is 4.79 Å². The molecule has 0 fully saturated rings. The summed E-state index contributed by atoms with van der Waals surface area (Å²) in [6, 6.07) is 21.7. The highest BCUT2D eigenvalue weighted by Gasteiger charge is 2.36. The number of benzene rings is 3. The lowest BCUT2D eigenvalue weighted by Gasteiger charge is -2.30. The van der Waals surface area contributed by atoms with Crippen LogP contribution in [0.15, 0.2) is 82.5 Å². The molecule has 3 aromatic carbocycles. The number of carbonyl (C=O) groups excluding carboxylic acids is 1. The minimum absolute atomic E-state index is 0.0495. The van der Waals surface area contributed by atoms with Crippen LogP contribution in [-0.2, 0) is 4.79 Å². The molecule has 3 aromatic rings. The molecular formula is C27H25BrN2O3. The van der Waals surface area contributed by atoms with Crippen LogP contribution in [0.2, 0.25) is 0 Å². The zero-order valence-electron chi connectivity index (χ0n) is 18.5. The predicted octanol–water partition coefficient (Wildman–Crippen LogP) is 6.45. The third-order valence-electron chi connectivity index (χ3n) is 6.40. The first-order valence-electron chi connectivity index (χ1n) is 10.9. The summed E-state index contributed by atoms with van der Waals surface area (Å²) in [5.74, 6) is 1.76. The topological polar surface area (TPSA) is 59.6 Å². The van der Waals surface area contributed by atoms with Gasteiger partial charge in [0.15, 0.2) is 5.78 Å². The Balaban J connectivity index is 1.62. The Labute approximate surface area is 201 Å². The highest BCUT2D eigenvalue weighted by atomic mass is 79.9. The second-order valence-electron chi connectivity index (χ2n) is 8.30. The second kappa shape index (κ2) is 8.94. The van der Waals surface area contributed by atoms with Crippen LogP contribution in [0.25, 0.3) is 0 Å². The lowest BCUT2D eigenvalue weighted by Crippen LogP contribution is -2.27. The lowest BCUT2D eigenvalue weighted by molar-refractivity contribution is -0.116. The maximum absolute atomic E-state index is 13.7. The summed E-state index contributed by atoms with van der Waals surface area (Å²) in [6.07, 6.45) is 1.16. The van der Waals surface area contributed by atoms with Gasteiger partial charge < -0.3 is 20.1 Å². The molecule has 0 bridgehead atoms. The molecule has 33 heavy (non-hydrogen) atoms. The molecular weight excluding hydrogens is 480 g/mol. The number of allylic oxidation sites excluding steroid dienone is 1. The quantitative estimate of drug-likeness (QED) is 0.427. The van der Waals surface area contributed by atoms with Crippen molar-refractivity contribution in [3.05, 3.63) is 93.6 Å². The number of para-hydroxylation sites is 3. The number of hydrogen-bond acceptors (Lipinski definition) is 5.